The van der Waals surface area contributed by atoms with Crippen LogP contribution < -0.4 is 11.5 Å². The molecule has 0 aliphatic carbocycles. The van der Waals surface area contributed by atoms with Crippen LogP contribution in [0.3, 0.4) is 0 Å². The van der Waals surface area contributed by atoms with Gasteiger partial charge in [0.05, 0.1) is 19.3 Å². The lowest BCUT2D eigenvalue weighted by Gasteiger charge is -2.28. The molecule has 8 N–H and O–H groups in total. The highest BCUT2D eigenvalue weighted by Gasteiger charge is 2.54. The van der Waals surface area contributed by atoms with Crippen LogP contribution in [0.4, 0.5) is 16.0 Å². The molecule has 0 amide bonds. The van der Waals surface area contributed by atoms with E-state index in [0.717, 1.165) is 17.2 Å². The van der Waals surface area contributed by atoms with Gasteiger partial charge in [-0.25, -0.2) is 24.5 Å². The van der Waals surface area contributed by atoms with Gasteiger partial charge < -0.3 is 45.7 Å². The highest BCUT2D eigenvalue weighted by Crippen LogP contribution is 2.53. The van der Waals surface area contributed by atoms with Crippen LogP contribution >= 0.6 is 15.4 Å². The van der Waals surface area contributed by atoms with Gasteiger partial charge in [0.25, 0.3) is 0 Å². The van der Waals surface area contributed by atoms with Gasteiger partial charge >= 0.3 is 21.5 Å². The zero-order valence-corrected chi connectivity index (χ0v) is 24.1. The maximum Gasteiger partial charge on any atom is 0.472 e. The Balaban J connectivity index is 1.17. The second-order valence-electron chi connectivity index (χ2n) is 10.1. The Bertz CT molecular complexity index is 1880. The van der Waals surface area contributed by atoms with Crippen LogP contribution in [0.5, 0.6) is 0 Å². The predicted molar refractivity (Wildman–Crippen MR) is 141 cm³/mol. The number of ether oxygens (including phenoxy) is 3. The van der Waals surface area contributed by atoms with Crippen LogP contribution in [0.15, 0.2) is 19.0 Å². The van der Waals surface area contributed by atoms with E-state index in [9.17, 15) is 33.5 Å². The van der Waals surface area contributed by atoms with Crippen molar-refractivity contribution in [1.29, 1.82) is 0 Å². The molecule has 3 aliphatic rings. The lowest BCUT2D eigenvalue weighted by atomic mass is 10.1. The van der Waals surface area contributed by atoms with E-state index in [2.05, 4.69) is 29.9 Å². The summed E-state index contributed by atoms with van der Waals surface area (Å²) >= 11 is 0. The van der Waals surface area contributed by atoms with Crippen molar-refractivity contribution in [3.8, 4) is 0 Å². The normalized spacial score (nSPS) is 37.7. The fourth-order valence-electron chi connectivity index (χ4n) is 5.20. The van der Waals surface area contributed by atoms with Gasteiger partial charge in [-0.1, -0.05) is 0 Å². The Morgan fingerprint density at radius 3 is 2.29 bits per heavy atom. The van der Waals surface area contributed by atoms with E-state index in [0.29, 0.717) is 0 Å². The van der Waals surface area contributed by atoms with E-state index in [-0.39, 0.29) is 34.0 Å². The number of fused-ring (bicyclic) bond motifs is 4. The third-order valence-electron chi connectivity index (χ3n) is 7.18. The molecule has 7 heterocycles. The number of phosphoric ester groups is 1. The van der Waals surface area contributed by atoms with Gasteiger partial charge in [-0.3, -0.25) is 27.3 Å². The minimum atomic E-state index is -5.08. The molecule has 45 heavy (non-hydrogen) atoms. The van der Waals surface area contributed by atoms with E-state index in [1.54, 1.807) is 0 Å². The molecular formula is C20H23FN10O12P2. The number of nitrogens with zero attached hydrogens (tertiary/aromatic N) is 8. The molecule has 0 spiro atoms. The first-order valence-corrected chi connectivity index (χ1v) is 16.1. The molecule has 3 saturated heterocycles. The molecule has 22 nitrogen and oxygen atoms in total. The minimum absolute atomic E-state index is 0.0276. The SMILES string of the molecule is Nc1nc(F)nc2c1ncn2[C@@H]1O[C@@H]2COP(=O)(O)OC3[C@@H](OCP(=O)(O)OC2[C@H]1O)O[C@@H](n1cnc2c(N)ncnc21)[C@H]3O. The molecular weight excluding hydrogens is 653 g/mol. The van der Waals surface area contributed by atoms with E-state index >= 15 is 0 Å². The van der Waals surface area contributed by atoms with Crippen LogP contribution in [-0.2, 0) is 36.9 Å². The lowest BCUT2D eigenvalue weighted by molar-refractivity contribution is -0.168. The van der Waals surface area contributed by atoms with Crippen molar-refractivity contribution < 1.29 is 61.3 Å². The third kappa shape index (κ3) is 5.35. The highest BCUT2D eigenvalue weighted by molar-refractivity contribution is 7.52. The Hall–Kier alpha value is -3.31. The number of aromatic nitrogens is 8. The summed E-state index contributed by atoms with van der Waals surface area (Å²) in [5.41, 5.74) is 11.6. The lowest BCUT2D eigenvalue weighted by Crippen LogP contribution is -2.38. The van der Waals surface area contributed by atoms with Gasteiger partial charge in [0.15, 0.2) is 59.6 Å². The van der Waals surface area contributed by atoms with Gasteiger partial charge in [-0.15, -0.1) is 0 Å². The average molecular weight is 676 g/mol. The van der Waals surface area contributed by atoms with E-state index in [1.165, 1.54) is 10.9 Å². The topological polar surface area (TPSA) is 310 Å². The summed E-state index contributed by atoms with van der Waals surface area (Å²) in [5.74, 6) is -0.277. The van der Waals surface area contributed by atoms with Crippen molar-refractivity contribution in [1.82, 2.24) is 39.0 Å². The number of nitrogen functional groups attached to an aromatic ring is 2. The predicted octanol–water partition coefficient (Wildman–Crippen LogP) is -1.50. The second kappa shape index (κ2) is 10.9. The van der Waals surface area contributed by atoms with Crippen molar-refractivity contribution in [2.75, 3.05) is 24.4 Å². The van der Waals surface area contributed by atoms with Crippen molar-refractivity contribution >= 4 is 49.4 Å². The van der Waals surface area contributed by atoms with Crippen LogP contribution in [0.1, 0.15) is 12.5 Å². The van der Waals surface area contributed by atoms with Crippen molar-refractivity contribution in [3.05, 3.63) is 25.1 Å². The first kappa shape index (κ1) is 30.3. The molecule has 7 rings (SSSR count). The van der Waals surface area contributed by atoms with Gasteiger partial charge in [-0.2, -0.15) is 14.4 Å². The summed E-state index contributed by atoms with van der Waals surface area (Å²) in [4.78, 5) is 44.2. The summed E-state index contributed by atoms with van der Waals surface area (Å²) in [6.07, 6.45) is -12.0. The maximum atomic E-state index is 13.9. The number of rotatable bonds is 2. The standard InChI is InChI=1S/C20H23FN10O12P2/c21-20-28-14(23)8-16(29-20)31(4-27-8)17-9(32)11-6(40-17)1-39-45(36,37)43-12-10(33)18(41-19(12)38-5-44(34,35)42-11)30-3-26-7-13(22)24-2-25-15(7)30/h2-4,6,9-12,17-19,32-33H,1,5H2,(H,34,35)(H,36,37)(H2,22,24,25)(H2,23,28,29)/t6-,9-,10+,11?,12?,17-,18-,19+/m1/s1. The van der Waals surface area contributed by atoms with Gasteiger partial charge in [0.1, 0.15) is 36.3 Å². The molecule has 3 aliphatic heterocycles. The first-order valence-electron chi connectivity index (χ1n) is 12.8. The molecule has 0 bridgehead atoms. The number of halogens is 1. The Kier molecular flexibility index (Phi) is 7.35. The third-order valence-corrected chi connectivity index (χ3v) is 9.22. The number of hydrogen-bond acceptors (Lipinski definition) is 18. The molecule has 0 saturated carbocycles. The zero-order valence-electron chi connectivity index (χ0n) is 22.3. The molecule has 242 valence electrons. The summed E-state index contributed by atoms with van der Waals surface area (Å²) in [7, 11) is -9.88. The van der Waals surface area contributed by atoms with E-state index in [4.69, 9.17) is 39.2 Å². The smallest absolute Gasteiger partial charge is 0.386 e. The molecule has 3 fully saturated rings. The van der Waals surface area contributed by atoms with Crippen LogP contribution in [0.2, 0.25) is 0 Å². The minimum Gasteiger partial charge on any atom is -0.386 e. The Morgan fingerprint density at radius 1 is 0.867 bits per heavy atom. The summed E-state index contributed by atoms with van der Waals surface area (Å²) < 4.78 is 74.9. The molecule has 10 atom stereocenters. The van der Waals surface area contributed by atoms with E-state index in [1.807, 2.05) is 0 Å². The van der Waals surface area contributed by atoms with Crippen molar-refractivity contribution in [2.45, 2.75) is 49.3 Å². The summed E-state index contributed by atoms with van der Waals surface area (Å²) in [6.45, 7) is -0.842. The monoisotopic (exact) mass is 676 g/mol. The number of anilines is 2. The number of hydrogen-bond donors (Lipinski definition) is 6. The van der Waals surface area contributed by atoms with E-state index < -0.39 is 83.7 Å². The molecule has 0 radical (unpaired) electrons. The van der Waals surface area contributed by atoms with Gasteiger partial charge in [0.2, 0.25) is 0 Å². The number of nitrogens with two attached hydrogens (primary N) is 2. The number of aliphatic hydroxyl groups excluding tert-OH is 2. The fraction of sp³-hybridized carbons (Fsp3) is 0.500. The molecule has 4 unspecified atom stereocenters. The van der Waals surface area contributed by atoms with Crippen LogP contribution in [0, 0.1) is 6.08 Å². The second-order valence-corrected chi connectivity index (χ2v) is 13.2. The Morgan fingerprint density at radius 2 is 1.53 bits per heavy atom. The van der Waals surface area contributed by atoms with Crippen LogP contribution in [0.25, 0.3) is 22.3 Å². The summed E-state index contributed by atoms with van der Waals surface area (Å²) in [6, 6.07) is 0. The maximum absolute atomic E-state index is 13.9. The molecule has 25 heteroatoms. The molecule has 0 aromatic carbocycles. The van der Waals surface area contributed by atoms with Gasteiger partial charge in [-0.05, 0) is 0 Å². The number of imidazole rings is 2. The molecule has 4 aromatic rings. The van der Waals surface area contributed by atoms with Crippen molar-refractivity contribution in [2.24, 2.45) is 0 Å². The molecule has 4 aromatic heterocycles. The first-order chi connectivity index (χ1) is 21.3. The van der Waals surface area contributed by atoms with Crippen LogP contribution in [-0.4, -0.2) is 109 Å². The largest absolute Gasteiger partial charge is 0.472 e. The zero-order chi connectivity index (χ0) is 31.8. The quantitative estimate of drug-likeness (QED) is 0.104. The fourth-order valence-corrected chi connectivity index (χ4v) is 7.17. The Labute approximate surface area is 248 Å². The number of phosphoric acid groups is 1. The number of aliphatic hydroxyl groups is 2. The average Bonchev–Trinajstić information content (AvgIpc) is 3.72. The highest BCUT2D eigenvalue weighted by atomic mass is 31.2. The van der Waals surface area contributed by atoms with Gasteiger partial charge in [0, 0.05) is 0 Å². The van der Waals surface area contributed by atoms with Crippen molar-refractivity contribution in [3.63, 3.8) is 0 Å². The summed E-state index contributed by atoms with van der Waals surface area (Å²) in [5, 5.41) is 22.2.